The van der Waals surface area contributed by atoms with Crippen molar-refractivity contribution in [2.24, 2.45) is 5.92 Å². The van der Waals surface area contributed by atoms with Crippen molar-refractivity contribution in [3.05, 3.63) is 17.0 Å². The molecular weight excluding hydrogens is 231 g/mol. The molecule has 1 rings (SSSR count). The summed E-state index contributed by atoms with van der Waals surface area (Å²) in [5.41, 5.74) is 2.38. The molecule has 0 amide bonds. The fraction of sp³-hybridized carbons (Fsp3) is 0.636. The molecule has 0 radical (unpaired) electrons. The van der Waals surface area contributed by atoms with Gasteiger partial charge in [-0.25, -0.2) is 0 Å². The predicted molar refractivity (Wildman–Crippen MR) is 56.2 cm³/mol. The van der Waals surface area contributed by atoms with E-state index in [4.69, 9.17) is 5.26 Å². The van der Waals surface area contributed by atoms with Crippen LogP contribution in [-0.4, -0.2) is 16.0 Å². The maximum Gasteiger partial charge on any atom is 0.406 e. The highest BCUT2D eigenvalue weighted by Gasteiger charge is 2.40. The molecule has 94 valence electrons. The number of aryl methyl sites for hydroxylation is 1. The van der Waals surface area contributed by atoms with E-state index in [9.17, 15) is 13.2 Å². The number of nitrogens with zero attached hydrogens (tertiary/aromatic N) is 3. The van der Waals surface area contributed by atoms with Crippen molar-refractivity contribution in [3.63, 3.8) is 0 Å². The lowest BCUT2D eigenvalue weighted by atomic mass is 10.1. The van der Waals surface area contributed by atoms with Gasteiger partial charge in [-0.3, -0.25) is 4.68 Å². The first kappa shape index (κ1) is 13.6. The SMILES string of the molecule is CCc1c(C)nn(CC(C#N)C(F)(F)F)c1C. The lowest BCUT2D eigenvalue weighted by molar-refractivity contribution is -0.162. The van der Waals surface area contributed by atoms with Crippen molar-refractivity contribution in [1.82, 2.24) is 9.78 Å². The van der Waals surface area contributed by atoms with Crippen molar-refractivity contribution >= 4 is 0 Å². The molecule has 0 saturated heterocycles. The number of alkyl halides is 3. The van der Waals surface area contributed by atoms with Gasteiger partial charge < -0.3 is 0 Å². The van der Waals surface area contributed by atoms with E-state index in [1.54, 1.807) is 13.8 Å². The highest BCUT2D eigenvalue weighted by atomic mass is 19.4. The molecular formula is C11H14F3N3. The first-order chi connectivity index (χ1) is 7.81. The smallest absolute Gasteiger partial charge is 0.268 e. The van der Waals surface area contributed by atoms with Crippen LogP contribution in [0.5, 0.6) is 0 Å². The van der Waals surface area contributed by atoms with Crippen LogP contribution in [-0.2, 0) is 13.0 Å². The zero-order valence-electron chi connectivity index (χ0n) is 9.97. The second kappa shape index (κ2) is 4.78. The molecule has 17 heavy (non-hydrogen) atoms. The molecule has 0 aliphatic heterocycles. The van der Waals surface area contributed by atoms with Crippen LogP contribution >= 0.6 is 0 Å². The zero-order chi connectivity index (χ0) is 13.2. The van der Waals surface area contributed by atoms with Gasteiger partial charge in [-0.15, -0.1) is 0 Å². The zero-order valence-corrected chi connectivity index (χ0v) is 9.97. The first-order valence-corrected chi connectivity index (χ1v) is 5.30. The Kier molecular flexibility index (Phi) is 3.81. The summed E-state index contributed by atoms with van der Waals surface area (Å²) in [6.45, 7) is 4.97. The quantitative estimate of drug-likeness (QED) is 0.821. The third kappa shape index (κ3) is 2.78. The summed E-state index contributed by atoms with van der Waals surface area (Å²) in [7, 11) is 0. The van der Waals surface area contributed by atoms with Crippen LogP contribution in [0.1, 0.15) is 23.9 Å². The van der Waals surface area contributed by atoms with Gasteiger partial charge in [-0.2, -0.15) is 23.5 Å². The molecule has 0 N–H and O–H groups in total. The van der Waals surface area contributed by atoms with Gasteiger partial charge >= 0.3 is 6.18 Å². The first-order valence-electron chi connectivity index (χ1n) is 5.30. The third-order valence-corrected chi connectivity index (χ3v) is 2.79. The van der Waals surface area contributed by atoms with Gasteiger partial charge in [0.05, 0.1) is 18.3 Å². The van der Waals surface area contributed by atoms with Crippen molar-refractivity contribution in [2.75, 3.05) is 0 Å². The molecule has 1 aromatic rings. The number of hydrogen-bond acceptors (Lipinski definition) is 2. The minimum absolute atomic E-state index is 0.438. The molecule has 0 fully saturated rings. The van der Waals surface area contributed by atoms with Crippen LogP contribution in [0.3, 0.4) is 0 Å². The molecule has 6 heteroatoms. The van der Waals surface area contributed by atoms with E-state index in [0.717, 1.165) is 17.7 Å². The normalized spacial score (nSPS) is 13.5. The number of aromatic nitrogens is 2. The molecule has 0 aliphatic rings. The Morgan fingerprint density at radius 2 is 2.00 bits per heavy atom. The van der Waals surface area contributed by atoms with Crippen LogP contribution < -0.4 is 0 Å². The molecule has 1 heterocycles. The Labute approximate surface area is 97.8 Å². The Balaban J connectivity index is 3.00. The minimum Gasteiger partial charge on any atom is -0.268 e. The van der Waals surface area contributed by atoms with Crippen LogP contribution in [0.2, 0.25) is 0 Å². The second-order valence-electron chi connectivity index (χ2n) is 3.91. The molecule has 1 unspecified atom stereocenters. The van der Waals surface area contributed by atoms with Crippen molar-refractivity contribution in [2.45, 2.75) is 39.9 Å². The highest BCUT2D eigenvalue weighted by Crippen LogP contribution is 2.27. The van der Waals surface area contributed by atoms with Crippen molar-refractivity contribution in [1.29, 1.82) is 5.26 Å². The van der Waals surface area contributed by atoms with Crippen LogP contribution in [0.15, 0.2) is 0 Å². The number of nitriles is 1. The summed E-state index contributed by atoms with van der Waals surface area (Å²) in [5.74, 6) is -2.01. The van der Waals surface area contributed by atoms with Gasteiger partial charge in [-0.05, 0) is 25.8 Å². The highest BCUT2D eigenvalue weighted by molar-refractivity contribution is 5.24. The summed E-state index contributed by atoms with van der Waals surface area (Å²) >= 11 is 0. The molecule has 0 bridgehead atoms. The van der Waals surface area contributed by atoms with Gasteiger partial charge in [0.1, 0.15) is 0 Å². The van der Waals surface area contributed by atoms with Gasteiger partial charge in [0.15, 0.2) is 5.92 Å². The van der Waals surface area contributed by atoms with E-state index in [1.165, 1.54) is 10.8 Å². The molecule has 0 spiro atoms. The average molecular weight is 245 g/mol. The maximum atomic E-state index is 12.5. The Morgan fingerprint density at radius 1 is 1.41 bits per heavy atom. The Hall–Kier alpha value is -1.51. The summed E-state index contributed by atoms with van der Waals surface area (Å²) in [6, 6.07) is 1.28. The summed E-state index contributed by atoms with van der Waals surface area (Å²) < 4.78 is 38.7. The second-order valence-corrected chi connectivity index (χ2v) is 3.91. The van der Waals surface area contributed by atoms with Gasteiger partial charge in [-0.1, -0.05) is 6.92 Å². The maximum absolute atomic E-state index is 12.5. The fourth-order valence-electron chi connectivity index (χ4n) is 1.81. The standard InChI is InChI=1S/C11H14F3N3/c1-4-10-7(2)16-17(8(10)3)6-9(5-15)11(12,13)14/h9H,4,6H2,1-3H3. The van der Waals surface area contributed by atoms with Gasteiger partial charge in [0.2, 0.25) is 0 Å². The van der Waals surface area contributed by atoms with E-state index in [-0.39, 0.29) is 0 Å². The molecule has 3 nitrogen and oxygen atoms in total. The molecule has 0 saturated carbocycles. The Bertz CT molecular complexity index is 440. The lowest BCUT2D eigenvalue weighted by Crippen LogP contribution is -2.27. The summed E-state index contributed by atoms with van der Waals surface area (Å²) in [6.07, 6.45) is -3.78. The molecule has 0 aromatic carbocycles. The van der Waals surface area contributed by atoms with Crippen molar-refractivity contribution < 1.29 is 13.2 Å². The minimum atomic E-state index is -4.51. The lowest BCUT2D eigenvalue weighted by Gasteiger charge is -2.14. The van der Waals surface area contributed by atoms with E-state index < -0.39 is 18.6 Å². The topological polar surface area (TPSA) is 41.6 Å². The fourth-order valence-corrected chi connectivity index (χ4v) is 1.81. The van der Waals surface area contributed by atoms with E-state index in [2.05, 4.69) is 5.10 Å². The summed E-state index contributed by atoms with van der Waals surface area (Å²) in [5, 5.41) is 12.6. The molecule has 0 aliphatic carbocycles. The number of rotatable bonds is 3. The van der Waals surface area contributed by atoms with E-state index in [1.807, 2.05) is 6.92 Å². The number of halogens is 3. The van der Waals surface area contributed by atoms with Gasteiger partial charge in [0, 0.05) is 5.69 Å². The van der Waals surface area contributed by atoms with Crippen LogP contribution in [0.25, 0.3) is 0 Å². The van der Waals surface area contributed by atoms with E-state index in [0.29, 0.717) is 5.69 Å². The van der Waals surface area contributed by atoms with Crippen LogP contribution in [0.4, 0.5) is 13.2 Å². The predicted octanol–water partition coefficient (Wildman–Crippen LogP) is 2.76. The van der Waals surface area contributed by atoms with Gasteiger partial charge in [0.25, 0.3) is 0 Å². The average Bonchev–Trinajstić information content (AvgIpc) is 2.48. The summed E-state index contributed by atoms with van der Waals surface area (Å²) in [4.78, 5) is 0. The third-order valence-electron chi connectivity index (χ3n) is 2.79. The Morgan fingerprint density at radius 3 is 2.35 bits per heavy atom. The van der Waals surface area contributed by atoms with E-state index >= 15 is 0 Å². The van der Waals surface area contributed by atoms with Crippen molar-refractivity contribution in [3.8, 4) is 6.07 Å². The number of hydrogen-bond donors (Lipinski definition) is 0. The largest absolute Gasteiger partial charge is 0.406 e. The molecule has 1 aromatic heterocycles. The monoisotopic (exact) mass is 245 g/mol. The molecule has 1 atom stereocenters. The van der Waals surface area contributed by atoms with Crippen LogP contribution in [0, 0.1) is 31.1 Å².